The number of benzene rings is 1. The number of nitrogens with two attached hydrogens (primary N) is 1. The summed E-state index contributed by atoms with van der Waals surface area (Å²) in [5.74, 6) is 0.160. The molecule has 2 atom stereocenters. The van der Waals surface area contributed by atoms with Gasteiger partial charge in [-0.25, -0.2) is 0 Å². The summed E-state index contributed by atoms with van der Waals surface area (Å²) in [4.78, 5) is 1.04. The van der Waals surface area contributed by atoms with Crippen LogP contribution in [-0.4, -0.2) is 29.0 Å². The fourth-order valence-corrected chi connectivity index (χ4v) is 3.28. The lowest BCUT2D eigenvalue weighted by atomic mass is 10.1. The Hall–Kier alpha value is -1.20. The highest BCUT2D eigenvalue weighted by molar-refractivity contribution is 8.00. The quantitative estimate of drug-likeness (QED) is 0.381. The Kier molecular flexibility index (Phi) is 4.14. The Balaban J connectivity index is 2.26. The van der Waals surface area contributed by atoms with E-state index in [1.165, 1.54) is 0 Å². The predicted molar refractivity (Wildman–Crippen MR) is 73.4 cm³/mol. The molecule has 98 valence electrons. The number of amidine groups is 1. The van der Waals surface area contributed by atoms with Crippen LogP contribution >= 0.6 is 11.8 Å². The summed E-state index contributed by atoms with van der Waals surface area (Å²) < 4.78 is 5.56. The molecular formula is C13H18N2O2S. The Morgan fingerprint density at radius 2 is 2.33 bits per heavy atom. The average Bonchev–Trinajstić information content (AvgIpc) is 2.76. The SMILES string of the molecule is Cc1ccc(SC2CCOC2C)c(/C(N)=N/O)c1. The summed E-state index contributed by atoms with van der Waals surface area (Å²) in [6.07, 6.45) is 1.28. The van der Waals surface area contributed by atoms with Gasteiger partial charge in [-0.2, -0.15) is 0 Å². The van der Waals surface area contributed by atoms with E-state index in [1.807, 2.05) is 25.1 Å². The van der Waals surface area contributed by atoms with Crippen LogP contribution in [0, 0.1) is 6.92 Å². The minimum absolute atomic E-state index is 0.160. The maximum atomic E-state index is 8.85. The summed E-state index contributed by atoms with van der Waals surface area (Å²) in [6.45, 7) is 4.88. The Morgan fingerprint density at radius 1 is 1.56 bits per heavy atom. The molecule has 4 nitrogen and oxygen atoms in total. The molecule has 18 heavy (non-hydrogen) atoms. The summed E-state index contributed by atoms with van der Waals surface area (Å²) in [7, 11) is 0. The molecule has 2 rings (SSSR count). The molecule has 0 aliphatic carbocycles. The van der Waals surface area contributed by atoms with E-state index in [9.17, 15) is 0 Å². The molecule has 1 saturated heterocycles. The summed E-state index contributed by atoms with van der Waals surface area (Å²) >= 11 is 1.74. The molecule has 5 heteroatoms. The summed E-state index contributed by atoms with van der Waals surface area (Å²) in [5, 5.41) is 12.4. The van der Waals surface area contributed by atoms with Crippen molar-refractivity contribution in [2.75, 3.05) is 6.61 Å². The number of hydrogen-bond donors (Lipinski definition) is 2. The number of nitrogens with zero attached hydrogens (tertiary/aromatic N) is 1. The lowest BCUT2D eigenvalue weighted by molar-refractivity contribution is 0.127. The van der Waals surface area contributed by atoms with Crippen LogP contribution in [0.4, 0.5) is 0 Å². The normalized spacial score (nSPS) is 24.4. The number of rotatable bonds is 3. The first-order valence-corrected chi connectivity index (χ1v) is 6.86. The Morgan fingerprint density at radius 3 is 2.94 bits per heavy atom. The van der Waals surface area contributed by atoms with Gasteiger partial charge < -0.3 is 15.7 Å². The highest BCUT2D eigenvalue weighted by Crippen LogP contribution is 2.34. The topological polar surface area (TPSA) is 67.8 Å². The van der Waals surface area contributed by atoms with Gasteiger partial charge in [-0.3, -0.25) is 0 Å². The van der Waals surface area contributed by atoms with Crippen molar-refractivity contribution in [1.82, 2.24) is 0 Å². The highest BCUT2D eigenvalue weighted by atomic mass is 32.2. The minimum Gasteiger partial charge on any atom is -0.409 e. The van der Waals surface area contributed by atoms with Crippen molar-refractivity contribution in [3.8, 4) is 0 Å². The molecule has 0 amide bonds. The third kappa shape index (κ3) is 2.79. The number of oxime groups is 1. The molecule has 1 aliphatic heterocycles. The smallest absolute Gasteiger partial charge is 0.171 e. The number of aryl methyl sites for hydroxylation is 1. The number of hydrogen-bond acceptors (Lipinski definition) is 4. The number of thioether (sulfide) groups is 1. The zero-order valence-corrected chi connectivity index (χ0v) is 11.4. The zero-order valence-electron chi connectivity index (χ0n) is 10.6. The van der Waals surface area contributed by atoms with Crippen molar-refractivity contribution in [2.45, 2.75) is 36.5 Å². The van der Waals surface area contributed by atoms with Crippen LogP contribution in [0.1, 0.15) is 24.5 Å². The highest BCUT2D eigenvalue weighted by Gasteiger charge is 2.26. The first kappa shape index (κ1) is 13.2. The fraction of sp³-hybridized carbons (Fsp3) is 0.462. The van der Waals surface area contributed by atoms with Gasteiger partial charge in [0.15, 0.2) is 5.84 Å². The van der Waals surface area contributed by atoms with Crippen LogP contribution < -0.4 is 5.73 Å². The van der Waals surface area contributed by atoms with Gasteiger partial charge in [0.05, 0.1) is 6.10 Å². The van der Waals surface area contributed by atoms with Crippen molar-refractivity contribution in [2.24, 2.45) is 10.9 Å². The maximum Gasteiger partial charge on any atom is 0.171 e. The van der Waals surface area contributed by atoms with Crippen molar-refractivity contribution in [1.29, 1.82) is 0 Å². The second-order valence-electron chi connectivity index (χ2n) is 4.51. The van der Waals surface area contributed by atoms with Gasteiger partial charge >= 0.3 is 0 Å². The van der Waals surface area contributed by atoms with Gasteiger partial charge in [0.25, 0.3) is 0 Å². The predicted octanol–water partition coefficient (Wildman–Crippen LogP) is 2.36. The maximum absolute atomic E-state index is 8.85. The number of ether oxygens (including phenoxy) is 1. The molecule has 1 aromatic carbocycles. The van der Waals surface area contributed by atoms with E-state index >= 15 is 0 Å². The third-order valence-corrected chi connectivity index (χ3v) is 4.64. The summed E-state index contributed by atoms with van der Waals surface area (Å²) in [6, 6.07) is 6.01. The van der Waals surface area contributed by atoms with Crippen LogP contribution in [-0.2, 0) is 4.74 Å². The molecule has 2 unspecified atom stereocenters. The van der Waals surface area contributed by atoms with Crippen molar-refractivity contribution >= 4 is 17.6 Å². The molecule has 0 spiro atoms. The van der Waals surface area contributed by atoms with E-state index in [1.54, 1.807) is 11.8 Å². The third-order valence-electron chi connectivity index (χ3n) is 3.10. The van der Waals surface area contributed by atoms with E-state index in [4.69, 9.17) is 15.7 Å². The second-order valence-corrected chi connectivity index (χ2v) is 5.79. The van der Waals surface area contributed by atoms with Gasteiger partial charge in [0, 0.05) is 22.3 Å². The van der Waals surface area contributed by atoms with Crippen molar-refractivity contribution < 1.29 is 9.94 Å². The Labute approximate surface area is 111 Å². The van der Waals surface area contributed by atoms with Crippen LogP contribution in [0.3, 0.4) is 0 Å². The van der Waals surface area contributed by atoms with E-state index in [2.05, 4.69) is 12.1 Å². The largest absolute Gasteiger partial charge is 0.409 e. The Bertz CT molecular complexity index is 462. The van der Waals surface area contributed by atoms with Crippen LogP contribution in [0.5, 0.6) is 0 Å². The molecule has 1 aliphatic rings. The lowest BCUT2D eigenvalue weighted by Gasteiger charge is -2.16. The molecule has 1 aromatic rings. The van der Waals surface area contributed by atoms with E-state index in [0.717, 1.165) is 29.1 Å². The van der Waals surface area contributed by atoms with Gasteiger partial charge in [-0.15, -0.1) is 11.8 Å². The van der Waals surface area contributed by atoms with E-state index in [-0.39, 0.29) is 11.9 Å². The van der Waals surface area contributed by atoms with Gasteiger partial charge in [0.1, 0.15) is 0 Å². The average molecular weight is 266 g/mol. The molecular weight excluding hydrogens is 248 g/mol. The van der Waals surface area contributed by atoms with Gasteiger partial charge in [-0.1, -0.05) is 16.8 Å². The van der Waals surface area contributed by atoms with Crippen molar-refractivity contribution in [3.63, 3.8) is 0 Å². The molecule has 0 bridgehead atoms. The van der Waals surface area contributed by atoms with Crippen LogP contribution in [0.15, 0.2) is 28.3 Å². The molecule has 3 N–H and O–H groups in total. The molecule has 1 fully saturated rings. The lowest BCUT2D eigenvalue weighted by Crippen LogP contribution is -2.17. The first-order valence-electron chi connectivity index (χ1n) is 5.98. The first-order chi connectivity index (χ1) is 8.61. The second kappa shape index (κ2) is 5.63. The molecule has 0 radical (unpaired) electrons. The van der Waals surface area contributed by atoms with Crippen molar-refractivity contribution in [3.05, 3.63) is 29.3 Å². The van der Waals surface area contributed by atoms with Gasteiger partial charge in [-0.05, 0) is 32.4 Å². The molecule has 0 saturated carbocycles. The van der Waals surface area contributed by atoms with Crippen LogP contribution in [0.25, 0.3) is 0 Å². The van der Waals surface area contributed by atoms with E-state index < -0.39 is 0 Å². The van der Waals surface area contributed by atoms with Crippen LogP contribution in [0.2, 0.25) is 0 Å². The summed E-state index contributed by atoms with van der Waals surface area (Å²) in [5.41, 5.74) is 7.62. The minimum atomic E-state index is 0.160. The fourth-order valence-electron chi connectivity index (χ4n) is 2.03. The zero-order chi connectivity index (χ0) is 13.1. The monoisotopic (exact) mass is 266 g/mol. The standard InChI is InChI=1S/C13H18N2O2S/c1-8-3-4-12(10(7-8)13(14)15-16)18-11-5-6-17-9(11)2/h3-4,7,9,11,16H,5-6H2,1-2H3,(H2,14,15). The molecule has 0 aromatic heterocycles. The van der Waals surface area contributed by atoms with Gasteiger partial charge in [0.2, 0.25) is 0 Å². The molecule has 1 heterocycles. The van der Waals surface area contributed by atoms with E-state index in [0.29, 0.717) is 5.25 Å².